The molecule has 0 radical (unpaired) electrons. The third-order valence-electron chi connectivity index (χ3n) is 4.16. The van der Waals surface area contributed by atoms with Gasteiger partial charge in [0, 0.05) is 6.54 Å². The summed E-state index contributed by atoms with van der Waals surface area (Å²) in [6.45, 7) is 2.71. The van der Waals surface area contributed by atoms with Crippen molar-refractivity contribution in [2.75, 3.05) is 30.1 Å². The number of benzene rings is 1. The molecule has 2 unspecified atom stereocenters. The van der Waals surface area contributed by atoms with E-state index in [4.69, 9.17) is 17.0 Å². The van der Waals surface area contributed by atoms with Crippen molar-refractivity contribution in [2.24, 2.45) is 0 Å². The quantitative estimate of drug-likeness (QED) is 0.780. The molecule has 1 aromatic rings. The van der Waals surface area contributed by atoms with Gasteiger partial charge in [-0.05, 0) is 31.3 Å². The molecule has 5 nitrogen and oxygen atoms in total. The lowest BCUT2D eigenvalue weighted by molar-refractivity contribution is 0.373. The molecule has 0 saturated carbocycles. The van der Waals surface area contributed by atoms with Crippen molar-refractivity contribution < 1.29 is 13.2 Å². The van der Waals surface area contributed by atoms with Crippen LogP contribution in [0.2, 0.25) is 0 Å². The number of para-hydroxylation sites is 2. The molecule has 0 bridgehead atoms. The Morgan fingerprint density at radius 1 is 1.29 bits per heavy atom. The number of rotatable bonds is 3. The third kappa shape index (κ3) is 2.28. The number of thiocarbonyl (C=S) groups is 1. The number of fused-ring (bicyclic) bond motifs is 1. The van der Waals surface area contributed by atoms with Gasteiger partial charge in [-0.15, -0.1) is 0 Å². The van der Waals surface area contributed by atoms with Gasteiger partial charge in [0.25, 0.3) is 0 Å². The first kappa shape index (κ1) is 14.6. The summed E-state index contributed by atoms with van der Waals surface area (Å²) < 4.78 is 29.4. The molecule has 2 heterocycles. The van der Waals surface area contributed by atoms with Gasteiger partial charge in [0.05, 0.1) is 36.4 Å². The van der Waals surface area contributed by atoms with Crippen LogP contribution in [0.25, 0.3) is 0 Å². The molecule has 0 aliphatic carbocycles. The molecular weight excluding hydrogens is 308 g/mol. The summed E-state index contributed by atoms with van der Waals surface area (Å²) in [5.41, 5.74) is 0.841. The minimum Gasteiger partial charge on any atom is -0.495 e. The van der Waals surface area contributed by atoms with Crippen molar-refractivity contribution in [2.45, 2.75) is 19.0 Å². The molecule has 0 aromatic heterocycles. The van der Waals surface area contributed by atoms with Crippen LogP contribution in [-0.2, 0) is 9.84 Å². The molecule has 2 aliphatic heterocycles. The Balaban J connectivity index is 2.07. The zero-order valence-electron chi connectivity index (χ0n) is 12.0. The zero-order valence-corrected chi connectivity index (χ0v) is 13.7. The lowest BCUT2D eigenvalue weighted by Gasteiger charge is -2.26. The predicted molar refractivity (Wildman–Crippen MR) is 86.7 cm³/mol. The van der Waals surface area contributed by atoms with E-state index >= 15 is 0 Å². The molecule has 1 aromatic carbocycles. The average molecular weight is 326 g/mol. The van der Waals surface area contributed by atoms with E-state index < -0.39 is 9.84 Å². The highest BCUT2D eigenvalue weighted by atomic mass is 32.2. The average Bonchev–Trinajstić information content (AvgIpc) is 2.87. The van der Waals surface area contributed by atoms with Crippen molar-refractivity contribution >= 4 is 32.9 Å². The van der Waals surface area contributed by atoms with Crippen LogP contribution in [-0.4, -0.2) is 55.7 Å². The van der Waals surface area contributed by atoms with Crippen molar-refractivity contribution in [1.82, 2.24) is 4.90 Å². The molecular formula is C14H18N2O3S2. The molecule has 0 amide bonds. The van der Waals surface area contributed by atoms with Gasteiger partial charge in [-0.2, -0.15) is 0 Å². The highest BCUT2D eigenvalue weighted by Crippen LogP contribution is 2.38. The standard InChI is InChI=1S/C14H18N2O3S2/c1-3-15-11-8-21(17,18)9-12(11)16(14(15)20)10-6-4-5-7-13(10)19-2/h4-7,11-12H,3,8-9H2,1-2H3. The van der Waals surface area contributed by atoms with Crippen LogP contribution >= 0.6 is 12.2 Å². The number of methoxy groups -OCH3 is 1. The fourth-order valence-electron chi connectivity index (χ4n) is 3.26. The molecule has 2 atom stereocenters. The topological polar surface area (TPSA) is 49.9 Å². The van der Waals surface area contributed by atoms with Crippen molar-refractivity contribution in [3.63, 3.8) is 0 Å². The maximum atomic E-state index is 12.0. The highest BCUT2D eigenvalue weighted by Gasteiger charge is 2.51. The second kappa shape index (κ2) is 5.14. The van der Waals surface area contributed by atoms with Crippen LogP contribution in [0.1, 0.15) is 6.92 Å². The molecule has 7 heteroatoms. The Hall–Kier alpha value is -1.34. The number of hydrogen-bond donors (Lipinski definition) is 0. The largest absolute Gasteiger partial charge is 0.495 e. The summed E-state index contributed by atoms with van der Waals surface area (Å²) in [4.78, 5) is 3.96. The van der Waals surface area contributed by atoms with Crippen LogP contribution in [0.5, 0.6) is 5.75 Å². The van der Waals surface area contributed by atoms with E-state index in [0.29, 0.717) is 17.4 Å². The highest BCUT2D eigenvalue weighted by molar-refractivity contribution is 7.91. The monoisotopic (exact) mass is 326 g/mol. The zero-order chi connectivity index (χ0) is 15.2. The smallest absolute Gasteiger partial charge is 0.176 e. The Labute approximate surface area is 130 Å². The molecule has 0 spiro atoms. The minimum absolute atomic E-state index is 0.0580. The maximum Gasteiger partial charge on any atom is 0.176 e. The molecule has 2 aliphatic rings. The molecule has 2 saturated heterocycles. The van der Waals surface area contributed by atoms with Gasteiger partial charge in [-0.1, -0.05) is 12.1 Å². The van der Waals surface area contributed by atoms with E-state index in [0.717, 1.165) is 5.69 Å². The van der Waals surface area contributed by atoms with Crippen LogP contribution in [0.3, 0.4) is 0 Å². The second-order valence-corrected chi connectivity index (χ2v) is 7.84. The Morgan fingerprint density at radius 3 is 2.62 bits per heavy atom. The predicted octanol–water partition coefficient (Wildman–Crippen LogP) is 1.29. The van der Waals surface area contributed by atoms with Crippen molar-refractivity contribution in [3.8, 4) is 5.75 Å². The first-order valence-corrected chi connectivity index (χ1v) is 9.14. The first-order chi connectivity index (χ1) is 9.98. The summed E-state index contributed by atoms with van der Waals surface area (Å²) in [5.74, 6) is 1.03. The van der Waals surface area contributed by atoms with Crippen LogP contribution in [0, 0.1) is 0 Å². The van der Waals surface area contributed by atoms with E-state index in [2.05, 4.69) is 0 Å². The SMILES string of the molecule is CCN1C(=S)N(c2ccccc2OC)C2CS(=O)(=O)CC21. The summed E-state index contributed by atoms with van der Waals surface area (Å²) >= 11 is 5.58. The fraction of sp³-hybridized carbons (Fsp3) is 0.500. The summed E-state index contributed by atoms with van der Waals surface area (Å²) in [7, 11) is -1.41. The van der Waals surface area contributed by atoms with E-state index in [1.165, 1.54) is 0 Å². The van der Waals surface area contributed by atoms with Crippen LogP contribution in [0.15, 0.2) is 24.3 Å². The maximum absolute atomic E-state index is 12.0. The van der Waals surface area contributed by atoms with E-state index in [1.54, 1.807) is 7.11 Å². The first-order valence-electron chi connectivity index (χ1n) is 6.91. The van der Waals surface area contributed by atoms with Gasteiger partial charge in [-0.3, -0.25) is 0 Å². The molecule has 2 fully saturated rings. The molecule has 0 N–H and O–H groups in total. The molecule has 21 heavy (non-hydrogen) atoms. The van der Waals surface area contributed by atoms with Crippen LogP contribution in [0.4, 0.5) is 5.69 Å². The number of likely N-dealkylation sites (N-methyl/N-ethyl adjacent to an activating group) is 1. The normalized spacial score (nSPS) is 27.0. The molecule has 3 rings (SSSR count). The van der Waals surface area contributed by atoms with Gasteiger partial charge in [0.2, 0.25) is 0 Å². The lowest BCUT2D eigenvalue weighted by Crippen LogP contribution is -2.37. The van der Waals surface area contributed by atoms with E-state index in [1.807, 2.05) is 41.0 Å². The van der Waals surface area contributed by atoms with Gasteiger partial charge in [-0.25, -0.2) is 8.42 Å². The Bertz CT molecular complexity index is 675. The summed E-state index contributed by atoms with van der Waals surface area (Å²) in [5, 5.41) is 0.687. The van der Waals surface area contributed by atoms with E-state index in [9.17, 15) is 8.42 Å². The number of nitrogens with zero attached hydrogens (tertiary/aromatic N) is 2. The van der Waals surface area contributed by atoms with Gasteiger partial charge >= 0.3 is 0 Å². The second-order valence-electron chi connectivity index (χ2n) is 5.32. The van der Waals surface area contributed by atoms with Crippen LogP contribution < -0.4 is 9.64 Å². The lowest BCUT2D eigenvalue weighted by atomic mass is 10.1. The minimum atomic E-state index is -3.02. The number of anilines is 1. The number of ether oxygens (including phenoxy) is 1. The Morgan fingerprint density at radius 2 is 1.95 bits per heavy atom. The Kier molecular flexibility index (Phi) is 3.57. The summed E-state index contributed by atoms with van der Waals surface area (Å²) in [6, 6.07) is 7.41. The fourth-order valence-corrected chi connectivity index (χ4v) is 5.71. The van der Waals surface area contributed by atoms with Crippen molar-refractivity contribution in [3.05, 3.63) is 24.3 Å². The number of hydrogen-bond acceptors (Lipinski definition) is 4. The molecule has 114 valence electrons. The summed E-state index contributed by atoms with van der Waals surface area (Å²) in [6.07, 6.45) is 0. The third-order valence-corrected chi connectivity index (χ3v) is 6.29. The van der Waals surface area contributed by atoms with Crippen molar-refractivity contribution in [1.29, 1.82) is 0 Å². The number of sulfone groups is 1. The van der Waals surface area contributed by atoms with Gasteiger partial charge in [0.15, 0.2) is 14.9 Å². The van der Waals surface area contributed by atoms with E-state index in [-0.39, 0.29) is 23.6 Å². The van der Waals surface area contributed by atoms with Gasteiger partial charge < -0.3 is 14.5 Å². The van der Waals surface area contributed by atoms with Gasteiger partial charge in [0.1, 0.15) is 5.75 Å².